The van der Waals surface area contributed by atoms with Gasteiger partial charge in [-0.2, -0.15) is 5.10 Å². The smallest absolute Gasteiger partial charge is 0.410 e. The van der Waals surface area contributed by atoms with Gasteiger partial charge in [-0.1, -0.05) is 0 Å². The third kappa shape index (κ3) is 5.26. The number of amides is 1. The predicted molar refractivity (Wildman–Crippen MR) is 84.4 cm³/mol. The van der Waals surface area contributed by atoms with Crippen LogP contribution in [0.1, 0.15) is 56.2 Å². The monoisotopic (exact) mass is 323 g/mol. The molecule has 2 heterocycles. The summed E-state index contributed by atoms with van der Waals surface area (Å²) in [7, 11) is 0. The maximum atomic E-state index is 12.1. The lowest BCUT2D eigenvalue weighted by atomic mass is 9.93. The summed E-state index contributed by atoms with van der Waals surface area (Å²) >= 11 is 0. The van der Waals surface area contributed by atoms with Crippen LogP contribution in [-0.4, -0.2) is 51.0 Å². The molecule has 7 heteroatoms. The molecule has 1 unspecified atom stereocenters. The van der Waals surface area contributed by atoms with Gasteiger partial charge >= 0.3 is 12.1 Å². The fourth-order valence-corrected chi connectivity index (χ4v) is 2.75. The van der Waals surface area contributed by atoms with Crippen LogP contribution >= 0.6 is 0 Å². The average Bonchev–Trinajstić information content (AvgIpc) is 2.93. The van der Waals surface area contributed by atoms with Crippen LogP contribution in [0.15, 0.2) is 6.07 Å². The van der Waals surface area contributed by atoms with E-state index < -0.39 is 11.6 Å². The Hall–Kier alpha value is -2.05. The van der Waals surface area contributed by atoms with E-state index in [1.807, 2.05) is 20.8 Å². The first-order chi connectivity index (χ1) is 10.7. The molecule has 0 spiro atoms. The number of ether oxygens (including phenoxy) is 1. The molecule has 1 atom stereocenters. The van der Waals surface area contributed by atoms with Crippen molar-refractivity contribution in [2.75, 3.05) is 13.1 Å². The first kappa shape index (κ1) is 17.3. The number of aromatic amines is 1. The van der Waals surface area contributed by atoms with Crippen LogP contribution in [-0.2, 0) is 11.2 Å². The molecule has 2 N–H and O–H groups in total. The molecule has 1 aromatic rings. The van der Waals surface area contributed by atoms with E-state index in [1.165, 1.54) is 0 Å². The number of nitrogens with zero attached hydrogens (tertiary/aromatic N) is 2. The standard InChI is InChI=1S/C16H25N3O4/c1-16(2,3)23-15(22)19-8-4-5-11(10-19)6-7-12-9-13(14(20)21)18-17-12/h9,11H,4-8,10H2,1-3H3,(H,17,18)(H,20,21). The van der Waals surface area contributed by atoms with E-state index >= 15 is 0 Å². The molecule has 1 aromatic heterocycles. The molecule has 1 saturated heterocycles. The zero-order valence-corrected chi connectivity index (χ0v) is 14.0. The molecule has 1 fully saturated rings. The van der Waals surface area contributed by atoms with Gasteiger partial charge in [0, 0.05) is 18.8 Å². The molecule has 0 radical (unpaired) electrons. The summed E-state index contributed by atoms with van der Waals surface area (Å²) < 4.78 is 5.42. The largest absolute Gasteiger partial charge is 0.476 e. The molecule has 1 aliphatic rings. The Kier molecular flexibility index (Phi) is 5.28. The molecule has 1 amide bonds. The maximum absolute atomic E-state index is 12.1. The SMILES string of the molecule is CC(C)(C)OC(=O)N1CCCC(CCc2cc(C(=O)O)n[nH]2)C1. The molecule has 7 nitrogen and oxygen atoms in total. The van der Waals surface area contributed by atoms with Crippen LogP contribution in [0.2, 0.25) is 0 Å². The van der Waals surface area contributed by atoms with E-state index in [0.717, 1.165) is 37.9 Å². The van der Waals surface area contributed by atoms with Crippen LogP contribution in [0.3, 0.4) is 0 Å². The highest BCUT2D eigenvalue weighted by Crippen LogP contribution is 2.23. The molecule has 0 saturated carbocycles. The summed E-state index contributed by atoms with van der Waals surface area (Å²) in [5.41, 5.74) is 0.378. The second-order valence-electron chi connectivity index (χ2n) is 7.06. The number of hydrogen-bond donors (Lipinski definition) is 2. The molecule has 1 aliphatic heterocycles. The van der Waals surface area contributed by atoms with Crippen LogP contribution in [0, 0.1) is 5.92 Å². The minimum atomic E-state index is -1.03. The second-order valence-corrected chi connectivity index (χ2v) is 7.06. The Morgan fingerprint density at radius 3 is 2.83 bits per heavy atom. The first-order valence-electron chi connectivity index (χ1n) is 8.00. The quantitative estimate of drug-likeness (QED) is 0.888. The van der Waals surface area contributed by atoms with Crippen LogP contribution in [0.25, 0.3) is 0 Å². The minimum absolute atomic E-state index is 0.0408. The average molecular weight is 323 g/mol. The lowest BCUT2D eigenvalue weighted by molar-refractivity contribution is 0.0161. The number of carbonyl (C=O) groups excluding carboxylic acids is 1. The highest BCUT2D eigenvalue weighted by atomic mass is 16.6. The fourth-order valence-electron chi connectivity index (χ4n) is 2.75. The molecule has 0 aliphatic carbocycles. The van der Waals surface area contributed by atoms with Crippen LogP contribution in [0.5, 0.6) is 0 Å². The Morgan fingerprint density at radius 2 is 2.22 bits per heavy atom. The lowest BCUT2D eigenvalue weighted by Crippen LogP contribution is -2.42. The van der Waals surface area contributed by atoms with Gasteiger partial charge < -0.3 is 14.7 Å². The van der Waals surface area contributed by atoms with Crippen molar-refractivity contribution >= 4 is 12.1 Å². The summed E-state index contributed by atoms with van der Waals surface area (Å²) in [6, 6.07) is 1.57. The summed E-state index contributed by atoms with van der Waals surface area (Å²) in [5, 5.41) is 15.4. The van der Waals surface area contributed by atoms with Gasteiger partial charge in [-0.05, 0) is 58.4 Å². The zero-order chi connectivity index (χ0) is 17.0. The summed E-state index contributed by atoms with van der Waals surface area (Å²) in [4.78, 5) is 24.7. The number of likely N-dealkylation sites (tertiary alicyclic amines) is 1. The number of aromatic nitrogens is 2. The van der Waals surface area contributed by atoms with Gasteiger partial charge in [0.15, 0.2) is 5.69 Å². The van der Waals surface area contributed by atoms with Gasteiger partial charge in [-0.15, -0.1) is 0 Å². The highest BCUT2D eigenvalue weighted by molar-refractivity contribution is 5.85. The molecular weight excluding hydrogens is 298 g/mol. The molecule has 0 bridgehead atoms. The Labute approximate surface area is 136 Å². The number of piperidine rings is 1. The highest BCUT2D eigenvalue weighted by Gasteiger charge is 2.27. The molecule has 2 rings (SSSR count). The van der Waals surface area contributed by atoms with Crippen molar-refractivity contribution in [1.82, 2.24) is 15.1 Å². The number of aromatic carboxylic acids is 1. The van der Waals surface area contributed by atoms with Crippen LogP contribution in [0.4, 0.5) is 4.79 Å². The molecule has 128 valence electrons. The topological polar surface area (TPSA) is 95.5 Å². The lowest BCUT2D eigenvalue weighted by Gasteiger charge is -2.34. The normalized spacial score (nSPS) is 18.7. The van der Waals surface area contributed by atoms with Crippen molar-refractivity contribution in [1.29, 1.82) is 0 Å². The number of hydrogen-bond acceptors (Lipinski definition) is 4. The van der Waals surface area contributed by atoms with Crippen molar-refractivity contribution in [2.45, 2.75) is 52.1 Å². The van der Waals surface area contributed by atoms with Gasteiger partial charge in [-0.25, -0.2) is 9.59 Å². The van der Waals surface area contributed by atoms with E-state index in [9.17, 15) is 9.59 Å². The summed E-state index contributed by atoms with van der Waals surface area (Å²) in [6.07, 6.45) is 3.40. The maximum Gasteiger partial charge on any atom is 0.410 e. The third-order valence-corrected chi connectivity index (χ3v) is 3.84. The number of H-pyrrole nitrogens is 1. The second kappa shape index (κ2) is 7.02. The first-order valence-corrected chi connectivity index (χ1v) is 8.00. The van der Waals surface area contributed by atoms with Crippen molar-refractivity contribution in [2.24, 2.45) is 5.92 Å². The van der Waals surface area contributed by atoms with Gasteiger partial charge in [0.25, 0.3) is 0 Å². The number of aryl methyl sites for hydroxylation is 1. The van der Waals surface area contributed by atoms with Gasteiger partial charge in [0.05, 0.1) is 0 Å². The minimum Gasteiger partial charge on any atom is -0.476 e. The molecule has 23 heavy (non-hydrogen) atoms. The Bertz CT molecular complexity index is 562. The number of nitrogens with one attached hydrogen (secondary N) is 1. The fraction of sp³-hybridized carbons (Fsp3) is 0.688. The third-order valence-electron chi connectivity index (χ3n) is 3.84. The van der Waals surface area contributed by atoms with E-state index in [-0.39, 0.29) is 11.8 Å². The van der Waals surface area contributed by atoms with E-state index in [2.05, 4.69) is 10.2 Å². The number of carbonyl (C=O) groups is 2. The number of rotatable bonds is 4. The predicted octanol–water partition coefficient (Wildman–Crippen LogP) is 2.69. The summed E-state index contributed by atoms with van der Waals surface area (Å²) in [5.74, 6) is -0.630. The van der Waals surface area contributed by atoms with Gasteiger partial charge in [0.2, 0.25) is 0 Å². The van der Waals surface area contributed by atoms with Gasteiger partial charge in [-0.3, -0.25) is 5.10 Å². The van der Waals surface area contributed by atoms with Crippen LogP contribution < -0.4 is 0 Å². The number of carboxylic acid groups (broad SMARTS) is 1. The van der Waals surface area contributed by atoms with E-state index in [4.69, 9.17) is 9.84 Å². The molecular formula is C16H25N3O4. The van der Waals surface area contributed by atoms with E-state index in [1.54, 1.807) is 11.0 Å². The Morgan fingerprint density at radius 1 is 1.48 bits per heavy atom. The van der Waals surface area contributed by atoms with Crippen molar-refractivity contribution in [3.05, 3.63) is 17.5 Å². The Balaban J connectivity index is 1.83. The van der Waals surface area contributed by atoms with Crippen molar-refractivity contribution < 1.29 is 19.4 Å². The number of carboxylic acids is 1. The molecule has 0 aromatic carbocycles. The van der Waals surface area contributed by atoms with Gasteiger partial charge in [0.1, 0.15) is 5.60 Å². The van der Waals surface area contributed by atoms with Crippen molar-refractivity contribution in [3.8, 4) is 0 Å². The van der Waals surface area contributed by atoms with Crippen molar-refractivity contribution in [3.63, 3.8) is 0 Å². The van der Waals surface area contributed by atoms with E-state index in [0.29, 0.717) is 12.5 Å². The zero-order valence-electron chi connectivity index (χ0n) is 14.0. The summed E-state index contributed by atoms with van der Waals surface area (Å²) in [6.45, 7) is 7.02.